The van der Waals surface area contributed by atoms with Gasteiger partial charge in [-0.25, -0.2) is 0 Å². The Hall–Kier alpha value is -2.24. The minimum Gasteiger partial charge on any atom is -0.493 e. The first-order valence-corrected chi connectivity index (χ1v) is 9.41. The molecular formula is C20H18ClNO3S. The van der Waals surface area contributed by atoms with Gasteiger partial charge >= 0.3 is 0 Å². The smallest absolute Gasteiger partial charge is 0.293 e. The van der Waals surface area contributed by atoms with E-state index in [-0.39, 0.29) is 17.7 Å². The molecule has 1 fully saturated rings. The average Bonchev–Trinajstić information content (AvgIpc) is 2.87. The first kappa shape index (κ1) is 18.5. The number of aryl methyl sites for hydroxylation is 1. The van der Waals surface area contributed by atoms with Crippen LogP contribution in [0.5, 0.6) is 5.75 Å². The van der Waals surface area contributed by atoms with E-state index in [1.54, 1.807) is 24.3 Å². The van der Waals surface area contributed by atoms with E-state index in [2.05, 4.69) is 0 Å². The van der Waals surface area contributed by atoms with Gasteiger partial charge in [-0.05, 0) is 61.0 Å². The molecule has 2 amide bonds. The summed E-state index contributed by atoms with van der Waals surface area (Å²) in [5.41, 5.74) is 2.68. The second-order valence-corrected chi connectivity index (χ2v) is 7.24. The summed E-state index contributed by atoms with van der Waals surface area (Å²) in [7, 11) is 0. The van der Waals surface area contributed by atoms with Gasteiger partial charge in [0.25, 0.3) is 11.1 Å². The van der Waals surface area contributed by atoms with Crippen LogP contribution in [0.3, 0.4) is 0 Å². The third-order valence-corrected chi connectivity index (χ3v) is 5.16. The maximum absolute atomic E-state index is 12.7. The topological polar surface area (TPSA) is 46.6 Å². The lowest BCUT2D eigenvalue weighted by Gasteiger charge is -2.14. The number of imide groups is 1. The average molecular weight is 388 g/mol. The van der Waals surface area contributed by atoms with Crippen LogP contribution in [0.1, 0.15) is 23.6 Å². The van der Waals surface area contributed by atoms with Crippen molar-refractivity contribution in [1.29, 1.82) is 0 Å². The van der Waals surface area contributed by atoms with Crippen LogP contribution in [0.2, 0.25) is 5.02 Å². The SMILES string of the molecule is CCOc1ccc(Cl)cc1/C=C1\SC(=O)N(Cc2ccccc2C)C1=O. The van der Waals surface area contributed by atoms with Crippen molar-refractivity contribution >= 4 is 40.6 Å². The fraction of sp³-hybridized carbons (Fsp3) is 0.200. The molecule has 0 N–H and O–H groups in total. The Morgan fingerprint density at radius 1 is 1.19 bits per heavy atom. The van der Waals surface area contributed by atoms with E-state index in [0.717, 1.165) is 22.9 Å². The van der Waals surface area contributed by atoms with Crippen LogP contribution in [-0.4, -0.2) is 22.7 Å². The molecule has 0 spiro atoms. The number of thioether (sulfide) groups is 1. The van der Waals surface area contributed by atoms with Gasteiger partial charge in [0.1, 0.15) is 5.75 Å². The third-order valence-electron chi connectivity index (χ3n) is 4.02. The largest absolute Gasteiger partial charge is 0.493 e. The Morgan fingerprint density at radius 2 is 1.96 bits per heavy atom. The van der Waals surface area contributed by atoms with E-state index in [0.29, 0.717) is 27.8 Å². The number of hydrogen-bond donors (Lipinski definition) is 0. The van der Waals surface area contributed by atoms with E-state index >= 15 is 0 Å². The lowest BCUT2D eigenvalue weighted by molar-refractivity contribution is -0.123. The van der Waals surface area contributed by atoms with Gasteiger partial charge in [-0.3, -0.25) is 14.5 Å². The zero-order valence-corrected chi connectivity index (χ0v) is 16.1. The highest BCUT2D eigenvalue weighted by Crippen LogP contribution is 2.35. The van der Waals surface area contributed by atoms with E-state index < -0.39 is 0 Å². The minimum atomic E-state index is -0.300. The number of rotatable bonds is 5. The Balaban J connectivity index is 1.88. The molecule has 1 heterocycles. The number of ether oxygens (including phenoxy) is 1. The molecule has 0 atom stereocenters. The maximum atomic E-state index is 12.7. The van der Waals surface area contributed by atoms with E-state index in [4.69, 9.17) is 16.3 Å². The monoisotopic (exact) mass is 387 g/mol. The molecule has 3 rings (SSSR count). The van der Waals surface area contributed by atoms with Crippen LogP contribution in [-0.2, 0) is 11.3 Å². The molecule has 0 radical (unpaired) electrons. The van der Waals surface area contributed by atoms with E-state index in [1.165, 1.54) is 4.90 Å². The van der Waals surface area contributed by atoms with Crippen molar-refractivity contribution < 1.29 is 14.3 Å². The predicted molar refractivity (Wildman–Crippen MR) is 105 cm³/mol. The Labute approximate surface area is 161 Å². The number of benzene rings is 2. The number of nitrogens with zero attached hydrogens (tertiary/aromatic N) is 1. The van der Waals surface area contributed by atoms with Gasteiger partial charge in [0.05, 0.1) is 18.1 Å². The molecule has 0 aliphatic carbocycles. The summed E-state index contributed by atoms with van der Waals surface area (Å²) in [6.45, 7) is 4.61. The number of carbonyl (C=O) groups is 2. The van der Waals surface area contributed by atoms with Gasteiger partial charge in [0.2, 0.25) is 0 Å². The van der Waals surface area contributed by atoms with Gasteiger partial charge in [0, 0.05) is 10.6 Å². The van der Waals surface area contributed by atoms with Gasteiger partial charge < -0.3 is 4.74 Å². The molecule has 26 heavy (non-hydrogen) atoms. The first-order chi connectivity index (χ1) is 12.5. The summed E-state index contributed by atoms with van der Waals surface area (Å²) in [6, 6.07) is 12.9. The number of amides is 2. The van der Waals surface area contributed by atoms with Crippen molar-refractivity contribution in [3.63, 3.8) is 0 Å². The van der Waals surface area contributed by atoms with Crippen molar-refractivity contribution in [3.8, 4) is 5.75 Å². The van der Waals surface area contributed by atoms with Gasteiger partial charge in [-0.1, -0.05) is 35.9 Å². The van der Waals surface area contributed by atoms with Crippen LogP contribution >= 0.6 is 23.4 Å². The summed E-state index contributed by atoms with van der Waals surface area (Å²) in [6.07, 6.45) is 1.67. The van der Waals surface area contributed by atoms with Crippen LogP contribution in [0.4, 0.5) is 4.79 Å². The molecule has 6 heteroatoms. The maximum Gasteiger partial charge on any atom is 0.293 e. The summed E-state index contributed by atoms with van der Waals surface area (Å²) < 4.78 is 5.58. The number of halogens is 1. The fourth-order valence-electron chi connectivity index (χ4n) is 2.65. The summed E-state index contributed by atoms with van der Waals surface area (Å²) in [5.74, 6) is 0.327. The predicted octanol–water partition coefficient (Wildman–Crippen LogP) is 5.28. The second kappa shape index (κ2) is 7.98. The van der Waals surface area contributed by atoms with Gasteiger partial charge in [0.15, 0.2) is 0 Å². The van der Waals surface area contributed by atoms with Gasteiger partial charge in [-0.2, -0.15) is 0 Å². The Morgan fingerprint density at radius 3 is 2.69 bits per heavy atom. The van der Waals surface area contributed by atoms with Crippen molar-refractivity contribution in [2.24, 2.45) is 0 Å². The molecule has 1 aliphatic rings. The first-order valence-electron chi connectivity index (χ1n) is 8.22. The van der Waals surface area contributed by atoms with Crippen molar-refractivity contribution in [3.05, 3.63) is 69.1 Å². The van der Waals surface area contributed by atoms with Crippen LogP contribution in [0.25, 0.3) is 6.08 Å². The third kappa shape index (κ3) is 3.94. The van der Waals surface area contributed by atoms with Crippen molar-refractivity contribution in [2.45, 2.75) is 20.4 Å². The van der Waals surface area contributed by atoms with Crippen LogP contribution in [0.15, 0.2) is 47.4 Å². The zero-order valence-electron chi connectivity index (χ0n) is 14.5. The number of carbonyl (C=O) groups excluding carboxylic acids is 2. The molecule has 0 saturated carbocycles. The minimum absolute atomic E-state index is 0.266. The Bertz CT molecular complexity index is 894. The lowest BCUT2D eigenvalue weighted by Crippen LogP contribution is -2.27. The normalized spacial score (nSPS) is 15.8. The molecule has 2 aromatic carbocycles. The van der Waals surface area contributed by atoms with Crippen molar-refractivity contribution in [2.75, 3.05) is 6.61 Å². The Kier molecular flexibility index (Phi) is 5.69. The summed E-state index contributed by atoms with van der Waals surface area (Å²) >= 11 is 7.00. The van der Waals surface area contributed by atoms with E-state index in [9.17, 15) is 9.59 Å². The van der Waals surface area contributed by atoms with Crippen LogP contribution in [0, 0.1) is 6.92 Å². The summed E-state index contributed by atoms with van der Waals surface area (Å²) in [5, 5.41) is 0.267. The molecule has 1 saturated heterocycles. The molecule has 1 aliphatic heterocycles. The zero-order chi connectivity index (χ0) is 18.7. The molecular weight excluding hydrogens is 370 g/mol. The van der Waals surface area contributed by atoms with Crippen LogP contribution < -0.4 is 4.74 Å². The molecule has 0 aromatic heterocycles. The molecule has 134 valence electrons. The highest BCUT2D eigenvalue weighted by atomic mass is 35.5. The van der Waals surface area contributed by atoms with E-state index in [1.807, 2.05) is 38.1 Å². The highest BCUT2D eigenvalue weighted by Gasteiger charge is 2.35. The fourth-order valence-corrected chi connectivity index (χ4v) is 3.66. The molecule has 0 bridgehead atoms. The van der Waals surface area contributed by atoms with Gasteiger partial charge in [-0.15, -0.1) is 0 Å². The highest BCUT2D eigenvalue weighted by molar-refractivity contribution is 8.18. The number of hydrogen-bond acceptors (Lipinski definition) is 4. The molecule has 0 unspecified atom stereocenters. The molecule has 4 nitrogen and oxygen atoms in total. The van der Waals surface area contributed by atoms with Crippen molar-refractivity contribution in [1.82, 2.24) is 4.90 Å². The standard InChI is InChI=1S/C20H18ClNO3S/c1-3-25-17-9-8-16(21)10-15(17)11-18-19(23)22(20(24)26-18)12-14-7-5-4-6-13(14)2/h4-11H,3,12H2,1-2H3/b18-11-. The quantitative estimate of drug-likeness (QED) is 0.654. The molecule has 2 aromatic rings. The summed E-state index contributed by atoms with van der Waals surface area (Å²) in [4.78, 5) is 26.7. The lowest BCUT2D eigenvalue weighted by atomic mass is 10.1. The second-order valence-electron chi connectivity index (χ2n) is 5.81.